The summed E-state index contributed by atoms with van der Waals surface area (Å²) in [6, 6.07) is 14.6. The highest BCUT2D eigenvalue weighted by Crippen LogP contribution is 2.52. The Kier molecular flexibility index (Phi) is 6.61. The van der Waals surface area contributed by atoms with E-state index < -0.39 is 0 Å². The third kappa shape index (κ3) is 4.47. The topological polar surface area (TPSA) is 0 Å². The molecule has 0 aliphatic heterocycles. The maximum Gasteiger partial charge on any atom is 0.0187 e. The van der Waals surface area contributed by atoms with Gasteiger partial charge in [0.05, 0.1) is 0 Å². The van der Waals surface area contributed by atoms with Gasteiger partial charge in [-0.05, 0) is 51.1 Å². The van der Waals surface area contributed by atoms with Crippen molar-refractivity contribution in [1.29, 1.82) is 0 Å². The molecule has 1 atom stereocenters. The molecule has 0 bridgehead atoms. The van der Waals surface area contributed by atoms with Crippen molar-refractivity contribution in [2.24, 2.45) is 0 Å². The number of unbranched alkanes of at least 4 members (excludes halogenated alkanes) is 5. The van der Waals surface area contributed by atoms with Crippen LogP contribution >= 0.6 is 0 Å². The average Bonchev–Trinajstić information content (AvgIpc) is 2.92. The summed E-state index contributed by atoms with van der Waals surface area (Å²) < 4.78 is 0. The predicted octanol–water partition coefficient (Wildman–Crippen LogP) is 9.14. The summed E-state index contributed by atoms with van der Waals surface area (Å²) in [4.78, 5) is 0. The molecule has 0 amide bonds. The lowest BCUT2D eigenvalue weighted by atomic mass is 9.74. The monoisotopic (exact) mass is 390 g/mol. The van der Waals surface area contributed by atoms with E-state index in [4.69, 9.17) is 0 Å². The van der Waals surface area contributed by atoms with Crippen LogP contribution in [0.15, 0.2) is 36.4 Å². The van der Waals surface area contributed by atoms with Crippen LogP contribution in [0, 0.1) is 0 Å². The molecule has 1 aliphatic carbocycles. The van der Waals surface area contributed by atoms with Gasteiger partial charge in [0.15, 0.2) is 0 Å². The van der Waals surface area contributed by atoms with Crippen molar-refractivity contribution >= 4 is 0 Å². The zero-order valence-electron chi connectivity index (χ0n) is 20.0. The molecular weight excluding hydrogens is 348 g/mol. The molecule has 0 aromatic heterocycles. The van der Waals surface area contributed by atoms with Crippen molar-refractivity contribution in [3.8, 4) is 11.1 Å². The van der Waals surface area contributed by atoms with Gasteiger partial charge in [-0.1, -0.05) is 123 Å². The number of fused-ring (bicyclic) bond motifs is 3. The van der Waals surface area contributed by atoms with E-state index in [0.717, 1.165) is 0 Å². The van der Waals surface area contributed by atoms with E-state index in [1.54, 1.807) is 11.1 Å². The van der Waals surface area contributed by atoms with Gasteiger partial charge in [0.25, 0.3) is 0 Å². The Labute approximate surface area is 180 Å². The molecule has 0 saturated carbocycles. The Balaban J connectivity index is 1.98. The van der Waals surface area contributed by atoms with E-state index in [2.05, 4.69) is 84.9 Å². The lowest BCUT2D eigenvalue weighted by molar-refractivity contribution is 0.478. The van der Waals surface area contributed by atoms with E-state index in [1.165, 1.54) is 67.2 Å². The van der Waals surface area contributed by atoms with Crippen LogP contribution in [0.1, 0.15) is 122 Å². The molecule has 0 saturated heterocycles. The second-order valence-corrected chi connectivity index (χ2v) is 10.8. The highest BCUT2D eigenvalue weighted by atomic mass is 14.4. The molecule has 29 heavy (non-hydrogen) atoms. The van der Waals surface area contributed by atoms with E-state index in [9.17, 15) is 0 Å². The van der Waals surface area contributed by atoms with Gasteiger partial charge in [-0.15, -0.1) is 0 Å². The van der Waals surface area contributed by atoms with Crippen LogP contribution in [0.2, 0.25) is 0 Å². The fourth-order valence-corrected chi connectivity index (χ4v) is 4.99. The molecule has 158 valence electrons. The largest absolute Gasteiger partial charge is 0.0654 e. The molecule has 3 rings (SSSR count). The van der Waals surface area contributed by atoms with Gasteiger partial charge in [0.2, 0.25) is 0 Å². The Morgan fingerprint density at radius 2 is 1.38 bits per heavy atom. The molecule has 2 aromatic carbocycles. The quantitative estimate of drug-likeness (QED) is 0.394. The molecule has 2 aromatic rings. The summed E-state index contributed by atoms with van der Waals surface area (Å²) in [7, 11) is 0. The molecule has 0 fully saturated rings. The fraction of sp³-hybridized carbons (Fsp3) is 0.586. The first kappa shape index (κ1) is 22.1. The Bertz CT molecular complexity index is 834. The van der Waals surface area contributed by atoms with E-state index >= 15 is 0 Å². The van der Waals surface area contributed by atoms with Crippen molar-refractivity contribution in [3.05, 3.63) is 58.7 Å². The minimum absolute atomic E-state index is 0.140. The standard InChI is InChI=1S/C29H42/c1-8-9-10-11-12-13-18-29(7)26-19-22(21(2)3)14-16-24(26)25-17-15-23(20-27(25)29)28(4,5)6/h14-17,19-21H,8-13,18H2,1-7H3. The first-order valence-electron chi connectivity index (χ1n) is 12.0. The SMILES string of the molecule is CCCCCCCCC1(C)c2cc(C(C)C)ccc2-c2ccc(C(C)(C)C)cc21. The molecule has 0 radical (unpaired) electrons. The summed E-state index contributed by atoms with van der Waals surface area (Å²) in [5, 5.41) is 0. The van der Waals surface area contributed by atoms with E-state index in [0.29, 0.717) is 5.92 Å². The summed E-state index contributed by atoms with van der Waals surface area (Å²) in [6.07, 6.45) is 9.44. The zero-order valence-corrected chi connectivity index (χ0v) is 20.0. The number of hydrogen-bond donors (Lipinski definition) is 0. The molecule has 0 heterocycles. The summed E-state index contributed by atoms with van der Waals surface area (Å²) in [5.41, 5.74) is 9.34. The van der Waals surface area contributed by atoms with Crippen molar-refractivity contribution < 1.29 is 0 Å². The maximum absolute atomic E-state index is 2.53. The van der Waals surface area contributed by atoms with Crippen LogP contribution < -0.4 is 0 Å². The highest BCUT2D eigenvalue weighted by Gasteiger charge is 2.39. The lowest BCUT2D eigenvalue weighted by Crippen LogP contribution is -2.22. The van der Waals surface area contributed by atoms with Crippen molar-refractivity contribution in [1.82, 2.24) is 0 Å². The van der Waals surface area contributed by atoms with Gasteiger partial charge in [-0.2, -0.15) is 0 Å². The Morgan fingerprint density at radius 3 is 2.00 bits per heavy atom. The number of benzene rings is 2. The van der Waals surface area contributed by atoms with Gasteiger partial charge in [0, 0.05) is 5.41 Å². The average molecular weight is 391 g/mol. The molecule has 1 unspecified atom stereocenters. The minimum atomic E-state index is 0.140. The second kappa shape index (κ2) is 8.66. The number of rotatable bonds is 8. The third-order valence-corrected chi connectivity index (χ3v) is 7.11. The van der Waals surface area contributed by atoms with Gasteiger partial charge in [0.1, 0.15) is 0 Å². The summed E-state index contributed by atoms with van der Waals surface area (Å²) in [6.45, 7) is 16.4. The number of hydrogen-bond acceptors (Lipinski definition) is 0. The maximum atomic E-state index is 2.53. The predicted molar refractivity (Wildman–Crippen MR) is 129 cm³/mol. The minimum Gasteiger partial charge on any atom is -0.0654 e. The molecule has 0 heteroatoms. The summed E-state index contributed by atoms with van der Waals surface area (Å²) >= 11 is 0. The van der Waals surface area contributed by atoms with Gasteiger partial charge < -0.3 is 0 Å². The smallest absolute Gasteiger partial charge is 0.0187 e. The van der Waals surface area contributed by atoms with Crippen molar-refractivity contribution in [2.45, 2.75) is 110 Å². The Morgan fingerprint density at radius 1 is 0.793 bits per heavy atom. The fourth-order valence-electron chi connectivity index (χ4n) is 4.99. The van der Waals surface area contributed by atoms with Crippen molar-refractivity contribution in [2.75, 3.05) is 0 Å². The van der Waals surface area contributed by atoms with Crippen LogP contribution in [0.3, 0.4) is 0 Å². The van der Waals surface area contributed by atoms with Crippen LogP contribution in [-0.4, -0.2) is 0 Å². The molecule has 0 nitrogen and oxygen atoms in total. The van der Waals surface area contributed by atoms with Gasteiger partial charge in [-0.25, -0.2) is 0 Å². The van der Waals surface area contributed by atoms with Crippen LogP contribution in [0.25, 0.3) is 11.1 Å². The van der Waals surface area contributed by atoms with Crippen LogP contribution in [-0.2, 0) is 10.8 Å². The van der Waals surface area contributed by atoms with Gasteiger partial charge in [-0.3, -0.25) is 0 Å². The third-order valence-electron chi connectivity index (χ3n) is 7.11. The Hall–Kier alpha value is -1.56. The zero-order chi connectivity index (χ0) is 21.2. The normalized spacial score (nSPS) is 18.2. The second-order valence-electron chi connectivity index (χ2n) is 10.8. The van der Waals surface area contributed by atoms with E-state index in [1.807, 2.05) is 0 Å². The highest BCUT2D eigenvalue weighted by molar-refractivity contribution is 5.81. The molecule has 0 N–H and O–H groups in total. The first-order chi connectivity index (χ1) is 13.7. The van der Waals surface area contributed by atoms with Crippen LogP contribution in [0.4, 0.5) is 0 Å². The van der Waals surface area contributed by atoms with E-state index in [-0.39, 0.29) is 10.8 Å². The van der Waals surface area contributed by atoms with Gasteiger partial charge >= 0.3 is 0 Å². The van der Waals surface area contributed by atoms with Crippen LogP contribution in [0.5, 0.6) is 0 Å². The van der Waals surface area contributed by atoms with Crippen molar-refractivity contribution in [3.63, 3.8) is 0 Å². The summed E-state index contributed by atoms with van der Waals surface area (Å²) in [5.74, 6) is 0.576. The first-order valence-corrected chi connectivity index (χ1v) is 12.0. The lowest BCUT2D eigenvalue weighted by Gasteiger charge is -2.30. The molecule has 1 aliphatic rings. The molecular formula is C29H42. The molecule has 0 spiro atoms.